The van der Waals surface area contributed by atoms with Gasteiger partial charge in [-0.05, 0) is 55.7 Å². The van der Waals surface area contributed by atoms with E-state index in [1.807, 2.05) is 64.4 Å². The molecular formula is C23H27BrN2O2S. The van der Waals surface area contributed by atoms with Gasteiger partial charge in [0.2, 0.25) is 5.91 Å². The van der Waals surface area contributed by atoms with Gasteiger partial charge in [0.15, 0.2) is 0 Å². The Morgan fingerprint density at radius 1 is 1.07 bits per heavy atom. The van der Waals surface area contributed by atoms with Crippen molar-refractivity contribution < 1.29 is 9.59 Å². The lowest BCUT2D eigenvalue weighted by Crippen LogP contribution is -2.49. The van der Waals surface area contributed by atoms with Gasteiger partial charge in [-0.15, -0.1) is 11.8 Å². The van der Waals surface area contributed by atoms with Gasteiger partial charge >= 0.3 is 0 Å². The van der Waals surface area contributed by atoms with Crippen molar-refractivity contribution in [2.45, 2.75) is 37.1 Å². The molecule has 1 aliphatic rings. The van der Waals surface area contributed by atoms with Crippen molar-refractivity contribution in [3.05, 3.63) is 64.6 Å². The van der Waals surface area contributed by atoms with E-state index < -0.39 is 0 Å². The van der Waals surface area contributed by atoms with Crippen molar-refractivity contribution in [3.8, 4) is 0 Å². The van der Waals surface area contributed by atoms with Crippen molar-refractivity contribution in [1.82, 2.24) is 9.80 Å². The van der Waals surface area contributed by atoms with Crippen molar-refractivity contribution in [1.29, 1.82) is 0 Å². The van der Waals surface area contributed by atoms with Gasteiger partial charge in [-0.3, -0.25) is 9.59 Å². The Bertz CT molecular complexity index is 805. The molecule has 154 valence electrons. The quantitative estimate of drug-likeness (QED) is 0.525. The zero-order chi connectivity index (χ0) is 20.6. The topological polar surface area (TPSA) is 40.6 Å². The lowest BCUT2D eigenvalue weighted by molar-refractivity contribution is -0.131. The number of hydrogen-bond acceptors (Lipinski definition) is 3. The van der Waals surface area contributed by atoms with Crippen LogP contribution in [-0.2, 0) is 4.79 Å². The van der Waals surface area contributed by atoms with Crippen LogP contribution < -0.4 is 0 Å². The minimum absolute atomic E-state index is 0.0863. The lowest BCUT2D eigenvalue weighted by Gasteiger charge is -2.38. The van der Waals surface area contributed by atoms with Gasteiger partial charge in [-0.1, -0.05) is 41.1 Å². The Balaban J connectivity index is 1.55. The summed E-state index contributed by atoms with van der Waals surface area (Å²) in [4.78, 5) is 30.6. The predicted molar refractivity (Wildman–Crippen MR) is 122 cm³/mol. The number of nitrogens with zero attached hydrogens (tertiary/aromatic N) is 2. The molecule has 0 unspecified atom stereocenters. The summed E-state index contributed by atoms with van der Waals surface area (Å²) in [5, 5.41) is 0. The first-order valence-corrected chi connectivity index (χ1v) is 11.9. The summed E-state index contributed by atoms with van der Waals surface area (Å²) < 4.78 is 1.04. The van der Waals surface area contributed by atoms with E-state index in [2.05, 4.69) is 22.9 Å². The summed E-state index contributed by atoms with van der Waals surface area (Å²) in [7, 11) is 0. The maximum absolute atomic E-state index is 12.9. The van der Waals surface area contributed by atoms with E-state index >= 15 is 0 Å². The van der Waals surface area contributed by atoms with Crippen LogP contribution in [-0.4, -0.2) is 53.0 Å². The van der Waals surface area contributed by atoms with Crippen LogP contribution >= 0.6 is 27.7 Å². The lowest BCUT2D eigenvalue weighted by atomic mass is 10.0. The minimum Gasteiger partial charge on any atom is -0.339 e. The molecule has 0 spiro atoms. The van der Waals surface area contributed by atoms with Gasteiger partial charge in [0.1, 0.15) is 0 Å². The van der Waals surface area contributed by atoms with Crippen LogP contribution in [0.3, 0.4) is 0 Å². The van der Waals surface area contributed by atoms with Gasteiger partial charge in [0.25, 0.3) is 5.91 Å². The monoisotopic (exact) mass is 474 g/mol. The molecule has 6 heteroatoms. The molecule has 1 heterocycles. The van der Waals surface area contributed by atoms with E-state index in [1.165, 1.54) is 0 Å². The summed E-state index contributed by atoms with van der Waals surface area (Å²) in [6, 6.07) is 17.7. The Morgan fingerprint density at radius 3 is 2.34 bits per heavy atom. The molecule has 0 radical (unpaired) electrons. The first-order chi connectivity index (χ1) is 14.1. The molecule has 0 aliphatic carbocycles. The molecule has 0 saturated carbocycles. The second-order valence-electron chi connectivity index (χ2n) is 7.22. The molecule has 2 amide bonds. The van der Waals surface area contributed by atoms with Gasteiger partial charge < -0.3 is 9.80 Å². The zero-order valence-corrected chi connectivity index (χ0v) is 19.1. The maximum atomic E-state index is 12.9. The molecule has 1 aliphatic heterocycles. The normalized spacial score (nSPS) is 14.6. The highest BCUT2D eigenvalue weighted by Gasteiger charge is 2.29. The van der Waals surface area contributed by atoms with Crippen molar-refractivity contribution in [2.75, 3.05) is 25.4 Å². The van der Waals surface area contributed by atoms with E-state index in [1.54, 1.807) is 11.8 Å². The molecule has 1 saturated heterocycles. The first kappa shape index (κ1) is 21.9. The summed E-state index contributed by atoms with van der Waals surface area (Å²) in [5.74, 6) is 0.723. The highest BCUT2D eigenvalue weighted by atomic mass is 79.9. The van der Waals surface area contributed by atoms with Crippen LogP contribution in [0.2, 0.25) is 0 Å². The number of hydrogen-bond donors (Lipinski definition) is 0. The maximum Gasteiger partial charge on any atom is 0.253 e. The van der Waals surface area contributed by atoms with Crippen LogP contribution in [0, 0.1) is 0 Å². The Labute approximate surface area is 185 Å². The van der Waals surface area contributed by atoms with Gasteiger partial charge in [0, 0.05) is 40.6 Å². The number of likely N-dealkylation sites (tertiary alicyclic amines) is 1. The van der Waals surface area contributed by atoms with Crippen LogP contribution in [0.4, 0.5) is 0 Å². The van der Waals surface area contributed by atoms with E-state index in [0.717, 1.165) is 40.7 Å². The SMILES string of the molecule is CCCN(C(=O)CSc1ccc(Br)cc1)C1CCN(C(=O)c2ccccc2)CC1. The Hall–Kier alpha value is -1.79. The number of piperidine rings is 1. The summed E-state index contributed by atoms with van der Waals surface area (Å²) in [6.07, 6.45) is 2.62. The molecule has 1 fully saturated rings. The van der Waals surface area contributed by atoms with Crippen molar-refractivity contribution >= 4 is 39.5 Å². The molecule has 2 aromatic carbocycles. The largest absolute Gasteiger partial charge is 0.339 e. The number of thioether (sulfide) groups is 1. The second-order valence-corrected chi connectivity index (χ2v) is 9.18. The van der Waals surface area contributed by atoms with Gasteiger partial charge in [-0.25, -0.2) is 0 Å². The fourth-order valence-electron chi connectivity index (χ4n) is 3.65. The number of amides is 2. The highest BCUT2D eigenvalue weighted by Crippen LogP contribution is 2.24. The van der Waals surface area contributed by atoms with Crippen molar-refractivity contribution in [3.63, 3.8) is 0 Å². The fourth-order valence-corrected chi connectivity index (χ4v) is 4.70. The molecule has 0 bridgehead atoms. The second kappa shape index (κ2) is 10.8. The average Bonchev–Trinajstić information content (AvgIpc) is 2.77. The number of rotatable bonds is 7. The molecule has 4 nitrogen and oxygen atoms in total. The standard InChI is InChI=1S/C23H27BrN2O2S/c1-2-14-26(22(27)17-29-21-10-8-19(24)9-11-21)20-12-15-25(16-13-20)23(28)18-6-4-3-5-7-18/h3-11,20H,2,12-17H2,1H3. The Kier molecular flexibility index (Phi) is 8.19. The minimum atomic E-state index is 0.0863. The van der Waals surface area contributed by atoms with E-state index in [0.29, 0.717) is 18.8 Å². The number of carbonyl (C=O) groups is 2. The van der Waals surface area contributed by atoms with E-state index in [-0.39, 0.29) is 17.9 Å². The zero-order valence-electron chi connectivity index (χ0n) is 16.7. The molecule has 3 rings (SSSR count). The number of benzene rings is 2. The van der Waals surface area contributed by atoms with Gasteiger partial charge in [-0.2, -0.15) is 0 Å². The molecular weight excluding hydrogens is 448 g/mol. The molecule has 2 aromatic rings. The van der Waals surface area contributed by atoms with Gasteiger partial charge in [0.05, 0.1) is 5.75 Å². The van der Waals surface area contributed by atoms with Crippen molar-refractivity contribution in [2.24, 2.45) is 0 Å². The third-order valence-electron chi connectivity index (χ3n) is 5.17. The van der Waals surface area contributed by atoms with E-state index in [9.17, 15) is 9.59 Å². The third kappa shape index (κ3) is 6.09. The van der Waals surface area contributed by atoms with Crippen LogP contribution in [0.15, 0.2) is 64.0 Å². The van der Waals surface area contributed by atoms with Crippen LogP contribution in [0.25, 0.3) is 0 Å². The van der Waals surface area contributed by atoms with Crippen LogP contribution in [0.1, 0.15) is 36.5 Å². The predicted octanol–water partition coefficient (Wildman–Crippen LogP) is 5.08. The fraction of sp³-hybridized carbons (Fsp3) is 0.391. The molecule has 0 aromatic heterocycles. The molecule has 0 atom stereocenters. The van der Waals surface area contributed by atoms with Crippen LogP contribution in [0.5, 0.6) is 0 Å². The highest BCUT2D eigenvalue weighted by molar-refractivity contribution is 9.10. The summed E-state index contributed by atoms with van der Waals surface area (Å²) in [6.45, 7) is 4.28. The first-order valence-electron chi connectivity index (χ1n) is 10.1. The number of halogens is 1. The van der Waals surface area contributed by atoms with E-state index in [4.69, 9.17) is 0 Å². The molecule has 0 N–H and O–H groups in total. The number of carbonyl (C=O) groups excluding carboxylic acids is 2. The Morgan fingerprint density at radius 2 is 1.72 bits per heavy atom. The smallest absolute Gasteiger partial charge is 0.253 e. The average molecular weight is 475 g/mol. The summed E-state index contributed by atoms with van der Waals surface area (Å²) in [5.41, 5.74) is 0.735. The molecule has 29 heavy (non-hydrogen) atoms. The third-order valence-corrected chi connectivity index (χ3v) is 6.70. The summed E-state index contributed by atoms with van der Waals surface area (Å²) >= 11 is 5.02.